The Morgan fingerprint density at radius 2 is 1.74 bits per heavy atom. The van der Waals surface area contributed by atoms with Gasteiger partial charge in [0.1, 0.15) is 23.1 Å². The van der Waals surface area contributed by atoms with Crippen molar-refractivity contribution in [2.75, 3.05) is 6.54 Å². The molecule has 0 aliphatic carbocycles. The standard InChI is InChI=1S/C17H12F3N3O3S/c18-10-4-5-15-21-14-6-7-22(9-11(14)17(24)23(15)8-10)27(25,26)16-12(19)2-1-3-13(16)20/h1-5,8H,6-7,9H2. The quantitative estimate of drug-likeness (QED) is 0.664. The number of fused-ring (bicyclic) bond motifs is 2. The molecule has 6 nitrogen and oxygen atoms in total. The average Bonchev–Trinajstić information content (AvgIpc) is 2.62. The van der Waals surface area contributed by atoms with Crippen LogP contribution >= 0.6 is 0 Å². The van der Waals surface area contributed by atoms with Crippen LogP contribution in [-0.2, 0) is 23.0 Å². The van der Waals surface area contributed by atoms with Crippen molar-refractivity contribution in [2.24, 2.45) is 0 Å². The molecule has 1 aliphatic heterocycles. The molecule has 2 aromatic heterocycles. The van der Waals surface area contributed by atoms with Crippen LogP contribution in [0.2, 0.25) is 0 Å². The van der Waals surface area contributed by atoms with Crippen LogP contribution in [-0.4, -0.2) is 28.7 Å². The number of aromatic nitrogens is 2. The SMILES string of the molecule is O=c1c2c(nc3ccc(F)cn13)CCN(S(=O)(=O)c1c(F)cccc1F)C2. The number of nitrogens with zero attached hydrogens (tertiary/aromatic N) is 3. The minimum Gasteiger partial charge on any atom is -0.269 e. The van der Waals surface area contributed by atoms with Gasteiger partial charge in [-0.3, -0.25) is 9.20 Å². The Balaban J connectivity index is 1.82. The van der Waals surface area contributed by atoms with E-state index in [9.17, 15) is 26.4 Å². The molecule has 0 amide bonds. The van der Waals surface area contributed by atoms with Gasteiger partial charge in [-0.1, -0.05) is 6.07 Å². The van der Waals surface area contributed by atoms with E-state index in [-0.39, 0.29) is 24.2 Å². The number of hydrogen-bond donors (Lipinski definition) is 0. The third-order valence-corrected chi connectivity index (χ3v) is 6.31. The third-order valence-electron chi connectivity index (χ3n) is 4.41. The van der Waals surface area contributed by atoms with E-state index in [1.807, 2.05) is 0 Å². The largest absolute Gasteiger partial charge is 0.269 e. The maximum absolute atomic E-state index is 14.0. The van der Waals surface area contributed by atoms with Crippen LogP contribution < -0.4 is 5.56 Å². The highest BCUT2D eigenvalue weighted by molar-refractivity contribution is 7.89. The fraction of sp³-hybridized carbons (Fsp3) is 0.176. The lowest BCUT2D eigenvalue weighted by Crippen LogP contribution is -2.40. The van der Waals surface area contributed by atoms with Crippen LogP contribution in [0, 0.1) is 17.5 Å². The first-order valence-corrected chi connectivity index (χ1v) is 9.37. The van der Waals surface area contributed by atoms with Crippen molar-refractivity contribution in [1.29, 1.82) is 0 Å². The first kappa shape index (κ1) is 17.7. The van der Waals surface area contributed by atoms with E-state index in [0.29, 0.717) is 5.69 Å². The Hall–Kier alpha value is -2.72. The van der Waals surface area contributed by atoms with E-state index in [4.69, 9.17) is 0 Å². The van der Waals surface area contributed by atoms with Gasteiger partial charge in [-0.15, -0.1) is 0 Å². The predicted molar refractivity (Wildman–Crippen MR) is 89.1 cm³/mol. The molecule has 4 rings (SSSR count). The van der Waals surface area contributed by atoms with Crippen LogP contribution in [0.15, 0.2) is 46.2 Å². The summed E-state index contributed by atoms with van der Waals surface area (Å²) in [6.07, 6.45) is 1.04. The Morgan fingerprint density at radius 1 is 1.04 bits per heavy atom. The number of sulfonamides is 1. The van der Waals surface area contributed by atoms with Crippen molar-refractivity contribution in [1.82, 2.24) is 13.7 Å². The van der Waals surface area contributed by atoms with Crippen LogP contribution in [0.4, 0.5) is 13.2 Å². The summed E-state index contributed by atoms with van der Waals surface area (Å²) in [5, 5.41) is 0. The molecule has 0 atom stereocenters. The zero-order valence-corrected chi connectivity index (χ0v) is 14.5. The summed E-state index contributed by atoms with van der Waals surface area (Å²) in [6, 6.07) is 5.26. The lowest BCUT2D eigenvalue weighted by Gasteiger charge is -2.27. The number of halogens is 3. The van der Waals surface area contributed by atoms with E-state index in [1.165, 1.54) is 6.07 Å². The van der Waals surface area contributed by atoms with E-state index < -0.39 is 44.5 Å². The molecular formula is C17H12F3N3O3S. The Morgan fingerprint density at radius 3 is 2.44 bits per heavy atom. The average molecular weight is 395 g/mol. The Kier molecular flexibility index (Phi) is 4.04. The summed E-state index contributed by atoms with van der Waals surface area (Å²) in [5.74, 6) is -3.08. The van der Waals surface area contributed by atoms with Crippen LogP contribution in [0.3, 0.4) is 0 Å². The van der Waals surface area contributed by atoms with Gasteiger partial charge in [-0.25, -0.2) is 26.6 Å². The van der Waals surface area contributed by atoms with E-state index in [2.05, 4.69) is 4.98 Å². The van der Waals surface area contributed by atoms with Gasteiger partial charge in [0.25, 0.3) is 5.56 Å². The molecule has 0 radical (unpaired) electrons. The van der Waals surface area contributed by atoms with Gasteiger partial charge in [-0.2, -0.15) is 4.31 Å². The summed E-state index contributed by atoms with van der Waals surface area (Å²) >= 11 is 0. The highest BCUT2D eigenvalue weighted by Gasteiger charge is 2.34. The molecule has 3 heterocycles. The van der Waals surface area contributed by atoms with Crippen LogP contribution in [0.1, 0.15) is 11.3 Å². The summed E-state index contributed by atoms with van der Waals surface area (Å²) in [6.45, 7) is -0.496. The van der Waals surface area contributed by atoms with Crippen LogP contribution in [0.25, 0.3) is 5.65 Å². The molecule has 3 aromatic rings. The van der Waals surface area contributed by atoms with Crippen molar-refractivity contribution >= 4 is 15.7 Å². The van der Waals surface area contributed by atoms with Crippen LogP contribution in [0.5, 0.6) is 0 Å². The second-order valence-electron chi connectivity index (χ2n) is 6.06. The summed E-state index contributed by atoms with van der Waals surface area (Å²) in [4.78, 5) is 15.9. The molecule has 1 aromatic carbocycles. The van der Waals surface area contributed by atoms with E-state index in [0.717, 1.165) is 39.2 Å². The van der Waals surface area contributed by atoms with Gasteiger partial charge in [0.05, 0.1) is 11.3 Å². The lowest BCUT2D eigenvalue weighted by molar-refractivity contribution is 0.378. The molecule has 27 heavy (non-hydrogen) atoms. The van der Waals surface area contributed by atoms with Crippen molar-refractivity contribution < 1.29 is 21.6 Å². The molecule has 0 bridgehead atoms. The van der Waals surface area contributed by atoms with E-state index >= 15 is 0 Å². The maximum atomic E-state index is 14.0. The number of rotatable bonds is 2. The summed E-state index contributed by atoms with van der Waals surface area (Å²) in [7, 11) is -4.51. The molecule has 0 N–H and O–H groups in total. The normalized spacial score (nSPS) is 15.1. The molecule has 10 heteroatoms. The monoisotopic (exact) mass is 395 g/mol. The summed E-state index contributed by atoms with van der Waals surface area (Å²) < 4.78 is 68.6. The second-order valence-corrected chi connectivity index (χ2v) is 7.93. The number of benzene rings is 1. The van der Waals surface area contributed by atoms with Gasteiger partial charge >= 0.3 is 0 Å². The zero-order valence-electron chi connectivity index (χ0n) is 13.7. The van der Waals surface area contributed by atoms with Crippen molar-refractivity contribution in [3.8, 4) is 0 Å². The molecule has 0 saturated carbocycles. The molecule has 1 aliphatic rings. The molecule has 0 fully saturated rings. The minimum absolute atomic E-state index is 0.0460. The fourth-order valence-electron chi connectivity index (χ4n) is 3.11. The first-order valence-electron chi connectivity index (χ1n) is 7.93. The molecule has 0 spiro atoms. The number of pyridine rings is 1. The lowest BCUT2D eigenvalue weighted by atomic mass is 10.1. The smallest absolute Gasteiger partial charge is 0.262 e. The van der Waals surface area contributed by atoms with Crippen molar-refractivity contribution in [2.45, 2.75) is 17.9 Å². The summed E-state index contributed by atoms with van der Waals surface area (Å²) in [5.41, 5.74) is 0.0387. The van der Waals surface area contributed by atoms with Gasteiger partial charge in [0.2, 0.25) is 10.0 Å². The Bertz CT molecular complexity index is 1220. The molecular weight excluding hydrogens is 383 g/mol. The highest BCUT2D eigenvalue weighted by Crippen LogP contribution is 2.26. The van der Waals surface area contributed by atoms with Crippen molar-refractivity contribution in [3.63, 3.8) is 0 Å². The van der Waals surface area contributed by atoms with Gasteiger partial charge < -0.3 is 0 Å². The van der Waals surface area contributed by atoms with Gasteiger partial charge in [-0.05, 0) is 24.3 Å². The van der Waals surface area contributed by atoms with Gasteiger partial charge in [0, 0.05) is 25.7 Å². The third kappa shape index (κ3) is 2.81. The van der Waals surface area contributed by atoms with Crippen molar-refractivity contribution in [3.05, 3.63) is 75.6 Å². The molecule has 0 unspecified atom stereocenters. The Labute approximate surface area is 151 Å². The topological polar surface area (TPSA) is 71.8 Å². The maximum Gasteiger partial charge on any atom is 0.262 e. The highest BCUT2D eigenvalue weighted by atomic mass is 32.2. The number of hydrogen-bond acceptors (Lipinski definition) is 4. The predicted octanol–water partition coefficient (Wildman–Crippen LogP) is 1.86. The van der Waals surface area contributed by atoms with Gasteiger partial charge in [0.15, 0.2) is 4.90 Å². The zero-order chi connectivity index (χ0) is 19.3. The molecule has 140 valence electrons. The second kappa shape index (κ2) is 6.17. The van der Waals surface area contributed by atoms with E-state index in [1.54, 1.807) is 0 Å². The first-order chi connectivity index (χ1) is 12.8. The minimum atomic E-state index is -4.51. The molecule has 0 saturated heterocycles. The fourth-order valence-corrected chi connectivity index (χ4v) is 4.63.